The third kappa shape index (κ3) is 2.00. The zero-order chi connectivity index (χ0) is 20.3. The summed E-state index contributed by atoms with van der Waals surface area (Å²) in [5.41, 5.74) is 5.60. The molecular weight excluding hydrogens is 340 g/mol. The molecule has 4 fully saturated rings. The van der Waals surface area contributed by atoms with Crippen LogP contribution in [0.25, 0.3) is 0 Å². The maximum atomic E-state index is 11.2. The quantitative estimate of drug-likeness (QED) is 0.561. The molecule has 4 saturated carbocycles. The Bertz CT molecular complexity index is 763. The van der Waals surface area contributed by atoms with Crippen molar-refractivity contribution in [1.82, 2.24) is 0 Å². The molecule has 4 aliphatic rings. The van der Waals surface area contributed by atoms with Gasteiger partial charge in [0.1, 0.15) is 5.75 Å². The number of aromatic hydroxyl groups is 1. The van der Waals surface area contributed by atoms with Crippen LogP contribution >= 0.6 is 0 Å². The maximum absolute atomic E-state index is 11.2. The van der Waals surface area contributed by atoms with E-state index in [-0.39, 0.29) is 0 Å². The van der Waals surface area contributed by atoms with Gasteiger partial charge in [0.25, 0.3) is 0 Å². The van der Waals surface area contributed by atoms with Crippen molar-refractivity contribution in [2.24, 2.45) is 33.5 Å². The fourth-order valence-corrected chi connectivity index (χ4v) is 8.74. The van der Waals surface area contributed by atoms with Crippen LogP contribution in [0, 0.1) is 40.4 Å². The van der Waals surface area contributed by atoms with Crippen LogP contribution in [0.3, 0.4) is 0 Å². The summed E-state index contributed by atoms with van der Waals surface area (Å²) >= 11 is 0. The van der Waals surface area contributed by atoms with E-state index in [1.54, 1.807) is 0 Å². The molecule has 1 aromatic carbocycles. The zero-order valence-corrected chi connectivity index (χ0v) is 19.2. The lowest BCUT2D eigenvalue weighted by Crippen LogP contribution is -2.32. The van der Waals surface area contributed by atoms with Gasteiger partial charge >= 0.3 is 0 Å². The number of phenols is 1. The Morgan fingerprint density at radius 1 is 0.750 bits per heavy atom. The Morgan fingerprint density at radius 3 is 1.61 bits per heavy atom. The number of hydrogen-bond donors (Lipinski definition) is 1. The summed E-state index contributed by atoms with van der Waals surface area (Å²) in [5.74, 6) is 3.36. The lowest BCUT2D eigenvalue weighted by molar-refractivity contribution is 0.132. The lowest BCUT2D eigenvalue weighted by atomic mass is 9.63. The molecule has 28 heavy (non-hydrogen) atoms. The highest BCUT2D eigenvalue weighted by Gasteiger charge is 2.63. The molecule has 1 nitrogen and oxygen atoms in total. The van der Waals surface area contributed by atoms with Crippen molar-refractivity contribution in [1.29, 1.82) is 0 Å². The van der Waals surface area contributed by atoms with Gasteiger partial charge in [-0.1, -0.05) is 47.6 Å². The summed E-state index contributed by atoms with van der Waals surface area (Å²) in [4.78, 5) is 0. The molecule has 0 spiro atoms. The van der Waals surface area contributed by atoms with E-state index in [2.05, 4.69) is 60.6 Å². The molecule has 0 aromatic heterocycles. The fourth-order valence-electron chi connectivity index (χ4n) is 8.74. The van der Waals surface area contributed by atoms with E-state index in [0.717, 1.165) is 11.8 Å². The monoisotopic (exact) mass is 380 g/mol. The molecule has 5 rings (SSSR count). The van der Waals surface area contributed by atoms with Gasteiger partial charge in [0, 0.05) is 0 Å². The van der Waals surface area contributed by atoms with E-state index in [1.807, 2.05) is 0 Å². The smallest absolute Gasteiger partial charge is 0.119 e. The molecule has 4 aliphatic carbocycles. The van der Waals surface area contributed by atoms with Crippen LogP contribution in [0.1, 0.15) is 109 Å². The molecule has 0 heterocycles. The maximum Gasteiger partial charge on any atom is 0.119 e. The summed E-state index contributed by atoms with van der Waals surface area (Å²) < 4.78 is 0. The van der Waals surface area contributed by atoms with E-state index in [1.165, 1.54) is 55.2 Å². The highest BCUT2D eigenvalue weighted by molar-refractivity contribution is 5.48. The van der Waals surface area contributed by atoms with Crippen molar-refractivity contribution in [2.45, 2.75) is 98.8 Å². The van der Waals surface area contributed by atoms with Gasteiger partial charge in [-0.25, -0.2) is 0 Å². The standard InChI is InChI=1S/C27H40O/c1-16-12-20(22-14-18-9-11-27(22,7)25(18,4)5)23(28)15-19(16)21-13-17-8-10-26(21,6)24(17,2)3/h12,15,17-18,21-22,28H,8-11,13-14H2,1-7H3. The van der Waals surface area contributed by atoms with Gasteiger partial charge in [0.2, 0.25) is 0 Å². The highest BCUT2D eigenvalue weighted by Crippen LogP contribution is 2.73. The van der Waals surface area contributed by atoms with Gasteiger partial charge in [-0.15, -0.1) is 0 Å². The Hall–Kier alpha value is -0.980. The molecule has 1 N–H and O–H groups in total. The van der Waals surface area contributed by atoms with Gasteiger partial charge in [-0.3, -0.25) is 0 Å². The summed E-state index contributed by atoms with van der Waals surface area (Å²) in [7, 11) is 0. The van der Waals surface area contributed by atoms with Crippen molar-refractivity contribution in [2.75, 3.05) is 0 Å². The predicted molar refractivity (Wildman–Crippen MR) is 117 cm³/mol. The van der Waals surface area contributed by atoms with E-state index >= 15 is 0 Å². The first kappa shape index (κ1) is 19.0. The Morgan fingerprint density at radius 2 is 1.21 bits per heavy atom. The molecule has 0 aliphatic heterocycles. The average molecular weight is 381 g/mol. The second-order valence-corrected chi connectivity index (χ2v) is 12.6. The molecule has 1 heteroatoms. The molecule has 4 bridgehead atoms. The van der Waals surface area contributed by atoms with Crippen molar-refractivity contribution in [3.05, 3.63) is 28.8 Å². The Kier molecular flexibility index (Phi) is 3.65. The summed E-state index contributed by atoms with van der Waals surface area (Å²) in [6.45, 7) is 17.3. The van der Waals surface area contributed by atoms with Crippen LogP contribution in [-0.2, 0) is 0 Å². The lowest BCUT2D eigenvalue weighted by Gasteiger charge is -2.41. The zero-order valence-electron chi connectivity index (χ0n) is 19.2. The van der Waals surface area contributed by atoms with Crippen LogP contribution in [0.5, 0.6) is 5.75 Å². The highest BCUT2D eigenvalue weighted by atomic mass is 16.3. The molecular formula is C27H40O. The molecule has 154 valence electrons. The second kappa shape index (κ2) is 5.38. The summed E-state index contributed by atoms with van der Waals surface area (Å²) in [6.07, 6.45) is 7.97. The number of rotatable bonds is 2. The SMILES string of the molecule is Cc1cc(C2CC3CCC2(C)C3(C)C)c(O)cc1C1CC2CCC1(C)C2(C)C. The fraction of sp³-hybridized carbons (Fsp3) is 0.778. The minimum atomic E-state index is 0.323. The van der Waals surface area contributed by atoms with Crippen molar-refractivity contribution < 1.29 is 5.11 Å². The second-order valence-electron chi connectivity index (χ2n) is 12.6. The molecule has 0 radical (unpaired) electrons. The molecule has 1 aromatic rings. The van der Waals surface area contributed by atoms with Gasteiger partial charge in [0.15, 0.2) is 0 Å². The third-order valence-corrected chi connectivity index (χ3v) is 11.8. The van der Waals surface area contributed by atoms with Crippen LogP contribution < -0.4 is 0 Å². The molecule has 6 unspecified atom stereocenters. The number of benzene rings is 1. The molecule has 0 saturated heterocycles. The number of aryl methyl sites for hydroxylation is 1. The van der Waals surface area contributed by atoms with Crippen molar-refractivity contribution in [3.63, 3.8) is 0 Å². The van der Waals surface area contributed by atoms with Crippen LogP contribution in [0.15, 0.2) is 12.1 Å². The third-order valence-electron chi connectivity index (χ3n) is 11.8. The van der Waals surface area contributed by atoms with Crippen LogP contribution in [0.4, 0.5) is 0 Å². The van der Waals surface area contributed by atoms with Gasteiger partial charge in [-0.05, 0) is 114 Å². The van der Waals surface area contributed by atoms with Crippen LogP contribution in [0.2, 0.25) is 0 Å². The number of phenolic OH excluding ortho intramolecular Hbond substituents is 1. The predicted octanol–water partition coefficient (Wildman–Crippen LogP) is 7.56. The van der Waals surface area contributed by atoms with Gasteiger partial charge in [0.05, 0.1) is 0 Å². The minimum absolute atomic E-state index is 0.323. The topological polar surface area (TPSA) is 20.2 Å². The van der Waals surface area contributed by atoms with Gasteiger partial charge < -0.3 is 5.11 Å². The normalized spacial score (nSPS) is 45.1. The van der Waals surface area contributed by atoms with Crippen LogP contribution in [-0.4, -0.2) is 5.11 Å². The molecule has 0 amide bonds. The molecule has 6 atom stereocenters. The first-order valence-corrected chi connectivity index (χ1v) is 11.8. The minimum Gasteiger partial charge on any atom is -0.508 e. The summed E-state index contributed by atoms with van der Waals surface area (Å²) in [5, 5.41) is 11.2. The Labute approximate surface area is 172 Å². The first-order valence-electron chi connectivity index (χ1n) is 11.8. The average Bonchev–Trinajstić information content (AvgIpc) is 3.14. The van der Waals surface area contributed by atoms with E-state index in [9.17, 15) is 5.11 Å². The summed E-state index contributed by atoms with van der Waals surface area (Å²) in [6, 6.07) is 4.58. The number of fused-ring (bicyclic) bond motifs is 4. The Balaban J connectivity index is 1.54. The number of hydrogen-bond acceptors (Lipinski definition) is 1. The van der Waals surface area contributed by atoms with E-state index in [4.69, 9.17) is 0 Å². The van der Waals surface area contributed by atoms with Gasteiger partial charge in [-0.2, -0.15) is 0 Å². The van der Waals surface area contributed by atoms with Crippen molar-refractivity contribution >= 4 is 0 Å². The van der Waals surface area contributed by atoms with Crippen molar-refractivity contribution in [3.8, 4) is 5.75 Å². The first-order chi connectivity index (χ1) is 12.9. The largest absolute Gasteiger partial charge is 0.508 e. The van der Waals surface area contributed by atoms with E-state index in [0.29, 0.717) is 39.2 Å². The van der Waals surface area contributed by atoms with E-state index < -0.39 is 0 Å².